The van der Waals surface area contributed by atoms with Crippen molar-refractivity contribution >= 4 is 0 Å². The standard InChI is InChI=1S/2C4H9O.2C4H10O.20Y/c2*1-4(2)5-3;2*1-4(2)3-5;;;;;;;;;;;;;;;;;;;;/h2*4H,3H2,1-2H3;2*4-5H,3H2,1-2H3;;;;;;;;;;;;;;;;;;;;/q2*-1;;;;;;;;;;;;;;;;;;;;;;. The van der Waals surface area contributed by atoms with Crippen molar-refractivity contribution in [2.24, 2.45) is 11.8 Å². The Bertz CT molecular complexity index is 142. The van der Waals surface area contributed by atoms with Crippen LogP contribution in [0.2, 0.25) is 0 Å². The molecule has 0 saturated carbocycles. The third-order valence-corrected chi connectivity index (χ3v) is 1.40. The molecule has 0 aromatic heterocycles. The van der Waals surface area contributed by atoms with Gasteiger partial charge in [0.05, 0.1) is 0 Å². The molecule has 40 heavy (non-hydrogen) atoms. The summed E-state index contributed by atoms with van der Waals surface area (Å²) in [5, 5.41) is 16.3. The summed E-state index contributed by atoms with van der Waals surface area (Å²) in [6, 6.07) is 0. The second-order valence-corrected chi connectivity index (χ2v) is 5.58. The van der Waals surface area contributed by atoms with Crippen LogP contribution in [0.5, 0.6) is 0 Å². The zero-order chi connectivity index (χ0) is 17.1. The predicted octanol–water partition coefficient (Wildman–Crippen LogP) is 3.63. The summed E-state index contributed by atoms with van der Waals surface area (Å²) >= 11 is 0. The second-order valence-electron chi connectivity index (χ2n) is 5.58. The van der Waals surface area contributed by atoms with Gasteiger partial charge in [0.15, 0.2) is 0 Å². The van der Waals surface area contributed by atoms with Crippen LogP contribution in [0.1, 0.15) is 55.4 Å². The number of rotatable bonds is 4. The number of ether oxygens (including phenoxy) is 2. The van der Waals surface area contributed by atoms with Gasteiger partial charge in [-0.3, -0.25) is 0 Å². The first-order valence-electron chi connectivity index (χ1n) is 7.12. The van der Waals surface area contributed by atoms with Crippen LogP contribution in [0, 0.1) is 26.1 Å². The van der Waals surface area contributed by atoms with E-state index in [1.807, 2.05) is 55.4 Å². The van der Waals surface area contributed by atoms with Crippen molar-refractivity contribution in [3.63, 3.8) is 0 Å². The molecular formula is C16H38O4Y20-2. The van der Waals surface area contributed by atoms with Gasteiger partial charge in [-0.1, -0.05) is 27.7 Å². The molecule has 4 nitrogen and oxygen atoms in total. The zero-order valence-electron chi connectivity index (χ0n) is 26.4. The van der Waals surface area contributed by atoms with Gasteiger partial charge in [-0.2, -0.15) is 0 Å². The van der Waals surface area contributed by atoms with Gasteiger partial charge in [-0.25, -0.2) is 14.2 Å². The minimum absolute atomic E-state index is 0. The Morgan fingerprint density at radius 3 is 0.400 bits per heavy atom. The molecule has 0 amide bonds. The van der Waals surface area contributed by atoms with E-state index in [0.29, 0.717) is 25.0 Å². The second kappa shape index (κ2) is 152. The molecule has 0 aromatic rings. The average molecular weight is 2070 g/mol. The quantitative estimate of drug-likeness (QED) is 0.424. The van der Waals surface area contributed by atoms with E-state index in [1.54, 1.807) is 0 Å². The van der Waals surface area contributed by atoms with Gasteiger partial charge in [-0.05, 0) is 39.5 Å². The predicted molar refractivity (Wildman–Crippen MR) is 87.0 cm³/mol. The summed E-state index contributed by atoms with van der Waals surface area (Å²) in [4.78, 5) is 0. The molecule has 20 radical (unpaired) electrons. The molecular weight excluding hydrogens is 2030 g/mol. The Hall–Kier alpha value is 21.9. The first kappa shape index (κ1) is 160. The first-order valence-corrected chi connectivity index (χ1v) is 7.12. The van der Waals surface area contributed by atoms with Crippen molar-refractivity contribution in [3.8, 4) is 0 Å². The van der Waals surface area contributed by atoms with Crippen LogP contribution >= 0.6 is 0 Å². The monoisotopic (exact) mass is 2070 g/mol. The molecule has 0 rings (SSSR count). The smallest absolute Gasteiger partial charge is 0.0453 e. The molecule has 0 heterocycles. The van der Waals surface area contributed by atoms with Gasteiger partial charge < -0.3 is 19.7 Å². The summed E-state index contributed by atoms with van der Waals surface area (Å²) in [5.41, 5.74) is 0. The number of hydrogen-bond donors (Lipinski definition) is 2. The summed E-state index contributed by atoms with van der Waals surface area (Å²) in [5.74, 6) is 0.880. The van der Waals surface area contributed by atoms with E-state index in [1.165, 1.54) is 0 Å². The van der Waals surface area contributed by atoms with Crippen molar-refractivity contribution < 1.29 is 674 Å². The molecule has 188 valence electrons. The zero-order valence-corrected chi connectivity index (χ0v) is 83.2. The van der Waals surface area contributed by atoms with Gasteiger partial charge in [-0.15, -0.1) is 0 Å². The van der Waals surface area contributed by atoms with Gasteiger partial charge in [0.2, 0.25) is 0 Å². The van der Waals surface area contributed by atoms with E-state index in [9.17, 15) is 0 Å². The van der Waals surface area contributed by atoms with Crippen LogP contribution in [0.15, 0.2) is 0 Å². The van der Waals surface area contributed by atoms with E-state index in [4.69, 9.17) is 10.2 Å². The third kappa shape index (κ3) is 232. The molecule has 0 bridgehead atoms. The average Bonchev–Trinajstić information content (AvgIpc) is 2.40. The van der Waals surface area contributed by atoms with E-state index in [0.717, 1.165) is 0 Å². The molecule has 0 fully saturated rings. The van der Waals surface area contributed by atoms with Crippen LogP contribution in [0.25, 0.3) is 0 Å². The van der Waals surface area contributed by atoms with Crippen molar-refractivity contribution in [2.45, 2.75) is 67.6 Å². The summed E-state index contributed by atoms with van der Waals surface area (Å²) in [7, 11) is 6.37. The Morgan fingerprint density at radius 2 is 0.400 bits per heavy atom. The largest absolute Gasteiger partial charge is 0.553 e. The summed E-state index contributed by atoms with van der Waals surface area (Å²) in [6.45, 7) is 16.2. The summed E-state index contributed by atoms with van der Waals surface area (Å²) in [6.07, 6.45) is 0.546. The van der Waals surface area contributed by atoms with Crippen molar-refractivity contribution in [1.82, 2.24) is 0 Å². The first-order chi connectivity index (χ1) is 9.08. The molecule has 0 aliphatic carbocycles. The minimum atomic E-state index is 0. The molecule has 0 unspecified atom stereocenters. The maximum atomic E-state index is 8.14. The molecule has 0 saturated heterocycles. The number of aliphatic hydroxyl groups excluding tert-OH is 2. The fraction of sp³-hybridized carbons (Fsp3) is 0.875. The Labute approximate surface area is 755 Å². The maximum absolute atomic E-state index is 8.14. The minimum Gasteiger partial charge on any atom is -0.553 e. The van der Waals surface area contributed by atoms with E-state index >= 15 is 0 Å². The Kier molecular flexibility index (Phi) is 608. The molecule has 0 aromatic carbocycles. The van der Waals surface area contributed by atoms with Crippen LogP contribution < -0.4 is 0 Å². The fourth-order valence-electron chi connectivity index (χ4n) is 0. The topological polar surface area (TPSA) is 58.9 Å². The van der Waals surface area contributed by atoms with Crippen LogP contribution in [-0.4, -0.2) is 35.6 Å². The van der Waals surface area contributed by atoms with Gasteiger partial charge in [0.25, 0.3) is 0 Å². The van der Waals surface area contributed by atoms with E-state index in [2.05, 4.69) is 23.7 Å². The van der Waals surface area contributed by atoms with Gasteiger partial charge in [0, 0.05) is 680 Å². The summed E-state index contributed by atoms with van der Waals surface area (Å²) < 4.78 is 9.00. The van der Waals surface area contributed by atoms with Crippen LogP contribution in [0.3, 0.4) is 0 Å². The molecule has 0 aliphatic heterocycles. The third-order valence-electron chi connectivity index (χ3n) is 1.40. The van der Waals surface area contributed by atoms with Crippen LogP contribution in [0.4, 0.5) is 0 Å². The molecule has 0 aliphatic rings. The molecule has 0 atom stereocenters. The van der Waals surface area contributed by atoms with E-state index in [-0.39, 0.29) is 666 Å². The van der Waals surface area contributed by atoms with Crippen LogP contribution in [-0.2, 0) is 664 Å². The number of hydrogen-bond acceptors (Lipinski definition) is 4. The van der Waals surface area contributed by atoms with Gasteiger partial charge >= 0.3 is 0 Å². The maximum Gasteiger partial charge on any atom is 0.0453 e. The Morgan fingerprint density at radius 1 is 0.350 bits per heavy atom. The van der Waals surface area contributed by atoms with Gasteiger partial charge in [0.1, 0.15) is 0 Å². The fourth-order valence-corrected chi connectivity index (χ4v) is 0. The van der Waals surface area contributed by atoms with Crippen molar-refractivity contribution in [1.29, 1.82) is 0 Å². The normalized spacial score (nSPS) is 4.80. The molecule has 0 spiro atoms. The van der Waals surface area contributed by atoms with Crippen molar-refractivity contribution in [3.05, 3.63) is 14.2 Å². The number of aliphatic hydroxyl groups is 2. The molecule has 24 heteroatoms. The van der Waals surface area contributed by atoms with Crippen molar-refractivity contribution in [2.75, 3.05) is 13.2 Å². The Balaban J connectivity index is -0.00000000332. The molecule has 2 N–H and O–H groups in total. The SMILES string of the molecule is CC(C)CO.CC(C)CO.[CH2-]OC(C)C.[CH2-]OC(C)C.[Y].[Y].[Y].[Y].[Y].[Y].[Y].[Y].[Y].[Y].[Y].[Y].[Y].[Y].[Y].[Y].[Y].[Y].[Y].[Y]. The van der Waals surface area contributed by atoms with E-state index < -0.39 is 0 Å².